The Morgan fingerprint density at radius 2 is 2.25 bits per heavy atom. The fourth-order valence-electron chi connectivity index (χ4n) is 0.783. The summed E-state index contributed by atoms with van der Waals surface area (Å²) in [6.45, 7) is 0. The van der Waals surface area contributed by atoms with Crippen molar-refractivity contribution < 1.29 is 9.90 Å². The number of diazo groups is 1. The van der Waals surface area contributed by atoms with Gasteiger partial charge in [0.1, 0.15) is 5.75 Å². The number of rotatable bonds is 1. The molecule has 0 spiro atoms. The van der Waals surface area contributed by atoms with Crippen LogP contribution in [0.25, 0.3) is 4.98 Å². The fourth-order valence-corrected chi connectivity index (χ4v) is 0.783. The van der Waals surface area contributed by atoms with Crippen LogP contribution in [0.5, 0.6) is 5.75 Å². The first-order chi connectivity index (χ1) is 5.65. The van der Waals surface area contributed by atoms with Crippen molar-refractivity contribution in [3.63, 3.8) is 0 Å². The molecule has 0 heterocycles. The molecule has 1 amide bonds. The zero-order valence-corrected chi connectivity index (χ0v) is 6.06. The second kappa shape index (κ2) is 2.88. The van der Waals surface area contributed by atoms with Gasteiger partial charge in [0.25, 0.3) is 0 Å². The standard InChI is InChI=1S/C7H5N3O2/c8-4-1-2-5(6(11)3-4)7(12)10-9/h1-3H,(H2-,8,11,12)/p+1. The molecule has 1 aromatic carbocycles. The van der Waals surface area contributed by atoms with Crippen LogP contribution in [-0.4, -0.2) is 11.0 Å². The van der Waals surface area contributed by atoms with Gasteiger partial charge in [-0.25, -0.2) is 0 Å². The van der Waals surface area contributed by atoms with Gasteiger partial charge in [0.05, 0.1) is 0 Å². The van der Waals surface area contributed by atoms with Crippen molar-refractivity contribution in [2.45, 2.75) is 0 Å². The van der Waals surface area contributed by atoms with Crippen LogP contribution < -0.4 is 5.73 Å². The van der Waals surface area contributed by atoms with E-state index in [1.165, 1.54) is 18.2 Å². The average molecular weight is 164 g/mol. The Kier molecular flexibility index (Phi) is 1.92. The maximum Gasteiger partial charge on any atom is 0.596 e. The number of aromatic hydroxyl groups is 1. The molecular formula is C7H6N3O2+. The van der Waals surface area contributed by atoms with Crippen LogP contribution in [0, 0.1) is 5.39 Å². The molecule has 5 heteroatoms. The van der Waals surface area contributed by atoms with Crippen LogP contribution in [0.2, 0.25) is 0 Å². The van der Waals surface area contributed by atoms with E-state index in [9.17, 15) is 4.79 Å². The summed E-state index contributed by atoms with van der Waals surface area (Å²) in [5, 5.41) is 17.2. The van der Waals surface area contributed by atoms with Crippen molar-refractivity contribution in [3.05, 3.63) is 28.7 Å². The largest absolute Gasteiger partial charge is 0.596 e. The van der Waals surface area contributed by atoms with Gasteiger partial charge in [-0.15, -0.1) is 0 Å². The molecule has 0 aliphatic rings. The third-order valence-electron chi connectivity index (χ3n) is 1.34. The van der Waals surface area contributed by atoms with E-state index in [1.54, 1.807) is 0 Å². The number of hydrogen-bond acceptors (Lipinski definition) is 4. The molecule has 1 aromatic rings. The summed E-state index contributed by atoms with van der Waals surface area (Å²) in [4.78, 5) is 13.1. The Balaban J connectivity index is 3.20. The molecule has 60 valence electrons. The second-order valence-corrected chi connectivity index (χ2v) is 2.18. The lowest BCUT2D eigenvalue weighted by Crippen LogP contribution is -1.93. The summed E-state index contributed by atoms with van der Waals surface area (Å²) in [7, 11) is 0. The van der Waals surface area contributed by atoms with Crippen LogP contribution in [-0.2, 0) is 0 Å². The third kappa shape index (κ3) is 1.32. The highest BCUT2D eigenvalue weighted by atomic mass is 16.3. The Labute approximate surface area is 68.1 Å². The predicted molar refractivity (Wildman–Crippen MR) is 41.9 cm³/mol. The molecule has 3 N–H and O–H groups in total. The maximum absolute atomic E-state index is 10.7. The Morgan fingerprint density at radius 1 is 1.58 bits per heavy atom. The van der Waals surface area contributed by atoms with Crippen LogP contribution >= 0.6 is 0 Å². The number of nitrogens with two attached hydrogens (primary N) is 1. The van der Waals surface area contributed by atoms with Gasteiger partial charge < -0.3 is 10.8 Å². The van der Waals surface area contributed by atoms with Crippen LogP contribution in [0.15, 0.2) is 18.2 Å². The van der Waals surface area contributed by atoms with Crippen LogP contribution in [0.1, 0.15) is 10.4 Å². The second-order valence-electron chi connectivity index (χ2n) is 2.18. The maximum atomic E-state index is 10.7. The van der Waals surface area contributed by atoms with E-state index in [-0.39, 0.29) is 11.3 Å². The van der Waals surface area contributed by atoms with Gasteiger partial charge >= 0.3 is 5.91 Å². The van der Waals surface area contributed by atoms with Gasteiger partial charge in [-0.1, -0.05) is 0 Å². The molecule has 0 saturated carbocycles. The van der Waals surface area contributed by atoms with E-state index in [1.807, 2.05) is 0 Å². The lowest BCUT2D eigenvalue weighted by molar-refractivity contribution is 0.103. The van der Waals surface area contributed by atoms with Gasteiger partial charge in [0.2, 0.25) is 10.4 Å². The van der Waals surface area contributed by atoms with Crippen LogP contribution in [0.4, 0.5) is 5.69 Å². The van der Waals surface area contributed by atoms with E-state index in [0.717, 1.165) is 0 Å². The van der Waals surface area contributed by atoms with Gasteiger partial charge in [0.15, 0.2) is 5.56 Å². The van der Waals surface area contributed by atoms with E-state index in [2.05, 4.69) is 4.98 Å². The topological polar surface area (TPSA) is 91.5 Å². The van der Waals surface area contributed by atoms with Gasteiger partial charge in [-0.3, -0.25) is 0 Å². The molecule has 0 bridgehead atoms. The zero-order chi connectivity index (χ0) is 9.14. The van der Waals surface area contributed by atoms with Crippen molar-refractivity contribution in [1.82, 2.24) is 0 Å². The van der Waals surface area contributed by atoms with Crippen LogP contribution in [0.3, 0.4) is 0 Å². The molecule has 0 aliphatic carbocycles. The summed E-state index contributed by atoms with van der Waals surface area (Å²) in [6, 6.07) is 3.92. The SMILES string of the molecule is N#[N+]C(=O)c1ccc(N)cc1O. The number of amides is 1. The average Bonchev–Trinajstić information content (AvgIpc) is 2.03. The van der Waals surface area contributed by atoms with Gasteiger partial charge in [-0.2, -0.15) is 4.79 Å². The Morgan fingerprint density at radius 3 is 2.75 bits per heavy atom. The number of carbonyl (C=O) groups is 1. The summed E-state index contributed by atoms with van der Waals surface area (Å²) in [5.74, 6) is -1.19. The van der Waals surface area contributed by atoms with Crippen molar-refractivity contribution in [2.24, 2.45) is 0 Å². The summed E-state index contributed by atoms with van der Waals surface area (Å²) in [5.41, 5.74) is 5.56. The first-order valence-electron chi connectivity index (χ1n) is 3.13. The lowest BCUT2D eigenvalue weighted by atomic mass is 10.2. The minimum atomic E-state index is -0.896. The number of benzene rings is 1. The van der Waals surface area contributed by atoms with Gasteiger partial charge in [-0.05, 0) is 12.1 Å². The van der Waals surface area contributed by atoms with Crippen molar-refractivity contribution in [2.75, 3.05) is 5.73 Å². The Hall–Kier alpha value is -2.09. The normalized spacial score (nSPS) is 8.92. The summed E-state index contributed by atoms with van der Waals surface area (Å²) in [6.07, 6.45) is 0. The van der Waals surface area contributed by atoms with Gasteiger partial charge in [0, 0.05) is 11.8 Å². The molecule has 0 saturated heterocycles. The highest BCUT2D eigenvalue weighted by Crippen LogP contribution is 2.20. The number of phenols is 1. The van der Waals surface area contributed by atoms with Crippen molar-refractivity contribution in [1.29, 1.82) is 5.39 Å². The molecule has 5 nitrogen and oxygen atoms in total. The van der Waals surface area contributed by atoms with E-state index < -0.39 is 5.91 Å². The monoisotopic (exact) mass is 164 g/mol. The Bertz CT molecular complexity index is 367. The minimum absolute atomic E-state index is 0.0771. The zero-order valence-electron chi connectivity index (χ0n) is 6.06. The van der Waals surface area contributed by atoms with E-state index in [0.29, 0.717) is 5.69 Å². The summed E-state index contributed by atoms with van der Waals surface area (Å²) >= 11 is 0. The molecule has 12 heavy (non-hydrogen) atoms. The molecule has 0 unspecified atom stereocenters. The fraction of sp³-hybridized carbons (Fsp3) is 0. The number of phenolic OH excluding ortho intramolecular Hbond substituents is 1. The highest BCUT2D eigenvalue weighted by molar-refractivity contribution is 6.03. The number of hydrogen-bond donors (Lipinski definition) is 2. The first-order valence-corrected chi connectivity index (χ1v) is 3.13. The highest BCUT2D eigenvalue weighted by Gasteiger charge is 2.22. The van der Waals surface area contributed by atoms with Crippen molar-refractivity contribution >= 4 is 11.6 Å². The van der Waals surface area contributed by atoms with Crippen molar-refractivity contribution in [3.8, 4) is 5.75 Å². The van der Waals surface area contributed by atoms with E-state index >= 15 is 0 Å². The molecule has 0 aromatic heterocycles. The number of nitrogens with zero attached hydrogens (tertiary/aromatic N) is 2. The quantitative estimate of drug-likeness (QED) is 0.477. The molecular weight excluding hydrogens is 158 g/mol. The molecule has 0 radical (unpaired) electrons. The molecule has 0 atom stereocenters. The third-order valence-corrected chi connectivity index (χ3v) is 1.34. The first kappa shape index (κ1) is 8.01. The van der Waals surface area contributed by atoms with E-state index in [4.69, 9.17) is 16.2 Å². The molecule has 1 rings (SSSR count). The molecule has 0 fully saturated rings. The number of nitrogen functional groups attached to an aromatic ring is 1. The lowest BCUT2D eigenvalue weighted by Gasteiger charge is -1.94. The minimum Gasteiger partial charge on any atom is -0.507 e. The predicted octanol–water partition coefficient (Wildman–Crippen LogP) is 0.968. The smallest absolute Gasteiger partial charge is 0.507 e. The molecule has 0 aliphatic heterocycles. The number of carbonyl (C=O) groups excluding carboxylic acids is 1. The number of anilines is 1. The summed E-state index contributed by atoms with van der Waals surface area (Å²) < 4.78 is 0.